The second-order valence-corrected chi connectivity index (χ2v) is 9.20. The minimum absolute atomic E-state index is 0. The Morgan fingerprint density at radius 3 is 2.00 bits per heavy atom. The zero-order chi connectivity index (χ0) is 23.1. The van der Waals surface area contributed by atoms with Crippen LogP contribution in [-0.4, -0.2) is 51.5 Å². The molecule has 3 aromatic rings. The molecule has 37 heavy (non-hydrogen) atoms. The lowest BCUT2D eigenvalue weighted by Crippen LogP contribution is -3.12. The SMILES string of the molecule is CCOc1ccc(C2=Nc3cc(C4=Nc5cc(N6CC[NH+](C)CC6)ccc5[NH2+]4)ccc3[NH2+]2)cc1.[Cl-].[Cl-].[Cl-]. The first kappa shape index (κ1) is 28.9. The van der Waals surface area contributed by atoms with Crippen LogP contribution in [0.25, 0.3) is 0 Å². The summed E-state index contributed by atoms with van der Waals surface area (Å²) in [7, 11) is 2.27. The molecule has 0 spiro atoms. The van der Waals surface area contributed by atoms with Gasteiger partial charge < -0.3 is 51.8 Å². The van der Waals surface area contributed by atoms with Crippen LogP contribution in [0, 0.1) is 0 Å². The first-order valence-corrected chi connectivity index (χ1v) is 12.1. The van der Waals surface area contributed by atoms with E-state index in [1.54, 1.807) is 4.90 Å². The van der Waals surface area contributed by atoms with E-state index in [4.69, 9.17) is 14.7 Å². The second-order valence-electron chi connectivity index (χ2n) is 9.20. The Morgan fingerprint density at radius 2 is 1.35 bits per heavy atom. The molecule has 6 rings (SSSR count). The van der Waals surface area contributed by atoms with E-state index in [1.165, 1.54) is 24.5 Å². The van der Waals surface area contributed by atoms with E-state index in [9.17, 15) is 0 Å². The number of ether oxygens (including phenoxy) is 1. The van der Waals surface area contributed by atoms with Crippen LogP contribution in [0.5, 0.6) is 5.75 Å². The van der Waals surface area contributed by atoms with E-state index in [-0.39, 0.29) is 37.2 Å². The van der Waals surface area contributed by atoms with Crippen molar-refractivity contribution in [2.45, 2.75) is 6.92 Å². The van der Waals surface area contributed by atoms with Crippen molar-refractivity contribution in [2.75, 3.05) is 44.7 Å². The van der Waals surface area contributed by atoms with Gasteiger partial charge in [0.2, 0.25) is 11.7 Å². The summed E-state index contributed by atoms with van der Waals surface area (Å²) < 4.78 is 5.56. The maximum Gasteiger partial charge on any atom is 0.237 e. The smallest absolute Gasteiger partial charge is 0.237 e. The molecule has 10 heteroatoms. The summed E-state index contributed by atoms with van der Waals surface area (Å²) in [4.78, 5) is 14.0. The van der Waals surface area contributed by atoms with Crippen LogP contribution in [-0.2, 0) is 0 Å². The lowest BCUT2D eigenvalue weighted by Gasteiger charge is -2.31. The number of benzene rings is 3. The predicted octanol–water partition coefficient (Wildman–Crippen LogP) is -7.99. The van der Waals surface area contributed by atoms with Gasteiger partial charge in [0.15, 0.2) is 11.4 Å². The van der Waals surface area contributed by atoms with Crippen LogP contribution in [0.4, 0.5) is 28.4 Å². The van der Waals surface area contributed by atoms with Crippen LogP contribution in [0.3, 0.4) is 0 Å². The summed E-state index contributed by atoms with van der Waals surface area (Å²) in [6.07, 6.45) is 0. The number of aliphatic imine (C=N–C) groups is 2. The summed E-state index contributed by atoms with van der Waals surface area (Å²) in [6.45, 7) is 7.23. The number of quaternary nitrogens is 3. The molecular formula is C27H31Cl3N6O. The van der Waals surface area contributed by atoms with Gasteiger partial charge >= 0.3 is 0 Å². The first-order valence-electron chi connectivity index (χ1n) is 12.1. The van der Waals surface area contributed by atoms with Gasteiger partial charge in [0.25, 0.3) is 0 Å². The third-order valence-corrected chi connectivity index (χ3v) is 6.85. The van der Waals surface area contributed by atoms with E-state index >= 15 is 0 Å². The Bertz CT molecular complexity index is 1300. The highest BCUT2D eigenvalue weighted by atomic mass is 35.5. The molecule has 3 aliphatic heterocycles. The highest BCUT2D eigenvalue weighted by Gasteiger charge is 2.27. The lowest BCUT2D eigenvalue weighted by molar-refractivity contribution is -0.880. The molecule has 1 fully saturated rings. The minimum Gasteiger partial charge on any atom is -1.00 e. The number of rotatable bonds is 5. The molecule has 1 saturated heterocycles. The zero-order valence-electron chi connectivity index (χ0n) is 20.8. The maximum atomic E-state index is 5.56. The average Bonchev–Trinajstić information content (AvgIpc) is 3.48. The van der Waals surface area contributed by atoms with Crippen LogP contribution in [0.15, 0.2) is 70.6 Å². The molecule has 0 atom stereocenters. The van der Waals surface area contributed by atoms with Crippen molar-refractivity contribution in [3.63, 3.8) is 0 Å². The fourth-order valence-corrected chi connectivity index (χ4v) is 4.82. The van der Waals surface area contributed by atoms with Gasteiger partial charge in [-0.15, -0.1) is 0 Å². The Morgan fingerprint density at radius 1 is 0.784 bits per heavy atom. The van der Waals surface area contributed by atoms with Crippen LogP contribution < -0.4 is 62.4 Å². The predicted molar refractivity (Wildman–Crippen MR) is 135 cm³/mol. The van der Waals surface area contributed by atoms with Crippen molar-refractivity contribution in [1.29, 1.82) is 0 Å². The van der Waals surface area contributed by atoms with Gasteiger partial charge in [-0.1, -0.05) is 0 Å². The molecule has 3 aliphatic rings. The molecule has 0 radical (unpaired) electrons. The third-order valence-electron chi connectivity index (χ3n) is 6.85. The zero-order valence-corrected chi connectivity index (χ0v) is 23.1. The number of anilines is 1. The standard InChI is InChI=1S/C27H28N6O.3ClH/c1-3-34-21-8-4-18(5-9-21)26-28-22-10-6-19(16-24(22)30-26)27-29-23-11-7-20(17-25(23)31-27)33-14-12-32(2)13-15-33;;;/h4-11,16-17H,3,12-15H2,1-2H3,(H,28,30)(H,29,31);3*1H. The number of amidine groups is 2. The van der Waals surface area contributed by atoms with Gasteiger partial charge in [0, 0.05) is 17.8 Å². The summed E-state index contributed by atoms with van der Waals surface area (Å²) in [5.41, 5.74) is 7.85. The molecule has 0 amide bonds. The summed E-state index contributed by atoms with van der Waals surface area (Å²) in [5.74, 6) is 2.87. The van der Waals surface area contributed by atoms with Crippen molar-refractivity contribution in [3.8, 4) is 5.75 Å². The van der Waals surface area contributed by atoms with Gasteiger partial charge in [-0.25, -0.2) is 0 Å². The van der Waals surface area contributed by atoms with Crippen molar-refractivity contribution in [3.05, 3.63) is 71.8 Å². The lowest BCUT2D eigenvalue weighted by atomic mass is 10.1. The Kier molecular flexibility index (Phi) is 9.58. The molecule has 0 aromatic heterocycles. The van der Waals surface area contributed by atoms with E-state index in [2.05, 4.69) is 71.1 Å². The number of nitrogens with one attached hydrogen (secondary N) is 1. The summed E-state index contributed by atoms with van der Waals surface area (Å²) in [6, 6.07) is 21.3. The number of fused-ring (bicyclic) bond motifs is 2. The highest BCUT2D eigenvalue weighted by molar-refractivity contribution is 6.02. The molecule has 0 unspecified atom stereocenters. The van der Waals surface area contributed by atoms with Crippen LogP contribution >= 0.6 is 0 Å². The molecule has 196 valence electrons. The Balaban J connectivity index is 0.00000127. The molecule has 5 N–H and O–H groups in total. The first-order chi connectivity index (χ1) is 16.7. The molecule has 0 aliphatic carbocycles. The molecule has 7 nitrogen and oxygen atoms in total. The van der Waals surface area contributed by atoms with Crippen molar-refractivity contribution >= 4 is 40.1 Å². The molecule has 0 saturated carbocycles. The number of halogens is 3. The van der Waals surface area contributed by atoms with Crippen LogP contribution in [0.1, 0.15) is 18.1 Å². The maximum absolute atomic E-state index is 5.56. The molecule has 3 heterocycles. The third kappa shape index (κ3) is 5.93. The van der Waals surface area contributed by atoms with Crippen LogP contribution in [0.2, 0.25) is 0 Å². The molecular weight excluding hydrogens is 531 g/mol. The number of hydrogen-bond acceptors (Lipinski definition) is 4. The number of likely N-dealkylation sites (N-methyl/N-ethyl adjacent to an activating group) is 1. The largest absolute Gasteiger partial charge is 1.00 e. The highest BCUT2D eigenvalue weighted by Crippen LogP contribution is 2.32. The molecule has 3 aromatic carbocycles. The monoisotopic (exact) mass is 560 g/mol. The number of hydrogen-bond donors (Lipinski definition) is 3. The Hall–Kier alpha value is -2.65. The summed E-state index contributed by atoms with van der Waals surface area (Å²) >= 11 is 0. The van der Waals surface area contributed by atoms with Gasteiger partial charge in [-0.05, 0) is 55.5 Å². The number of nitrogens with zero attached hydrogens (tertiary/aromatic N) is 3. The van der Waals surface area contributed by atoms with Gasteiger partial charge in [-0.2, -0.15) is 9.98 Å². The summed E-state index contributed by atoms with van der Waals surface area (Å²) in [5, 5.41) is 4.33. The van der Waals surface area contributed by atoms with E-state index in [1.807, 2.05) is 19.1 Å². The van der Waals surface area contributed by atoms with Gasteiger partial charge in [0.1, 0.15) is 17.1 Å². The quantitative estimate of drug-likeness (QED) is 0.271. The molecule has 0 bridgehead atoms. The normalized spacial score (nSPS) is 15.9. The fraction of sp³-hybridized carbons (Fsp3) is 0.259. The minimum atomic E-state index is 0. The second kappa shape index (κ2) is 12.3. The van der Waals surface area contributed by atoms with Crippen molar-refractivity contribution in [2.24, 2.45) is 9.98 Å². The van der Waals surface area contributed by atoms with E-state index < -0.39 is 0 Å². The topological polar surface area (TPSA) is 74.8 Å². The number of nitrogens with two attached hydrogens (primary N) is 2. The Labute approximate surface area is 236 Å². The van der Waals surface area contributed by atoms with Gasteiger partial charge in [-0.3, -0.25) is 10.6 Å². The van der Waals surface area contributed by atoms with E-state index in [0.717, 1.165) is 58.7 Å². The van der Waals surface area contributed by atoms with Crippen molar-refractivity contribution < 1.29 is 57.5 Å². The van der Waals surface area contributed by atoms with Crippen molar-refractivity contribution in [1.82, 2.24) is 0 Å². The fourth-order valence-electron chi connectivity index (χ4n) is 4.82. The average molecular weight is 562 g/mol. The number of piperazine rings is 1. The van der Waals surface area contributed by atoms with Gasteiger partial charge in [0.05, 0.1) is 51.0 Å². The van der Waals surface area contributed by atoms with E-state index in [0.29, 0.717) is 6.61 Å².